The third kappa shape index (κ3) is 7.21. The molecular weight excluding hydrogens is 474 g/mol. The van der Waals surface area contributed by atoms with Crippen LogP contribution in [0.4, 0.5) is 0 Å². The second kappa shape index (κ2) is 13.6. The molecule has 1 aliphatic heterocycles. The zero-order valence-electron chi connectivity index (χ0n) is 21.5. The number of amides is 2. The number of hydrogen-bond acceptors (Lipinski definition) is 6. The fraction of sp³-hybridized carbons (Fsp3) is 0.429. The molecule has 2 aromatic rings. The first kappa shape index (κ1) is 28.0. The van der Waals surface area contributed by atoms with Crippen LogP contribution < -0.4 is 10.4 Å². The molecule has 0 saturated carbocycles. The Labute approximate surface area is 215 Å². The van der Waals surface area contributed by atoms with Crippen LogP contribution in [0.25, 0.3) is 0 Å². The summed E-state index contributed by atoms with van der Waals surface area (Å²) in [7, 11) is -2.54. The molecule has 194 valence electrons. The van der Waals surface area contributed by atoms with E-state index in [0.29, 0.717) is 46.2 Å². The lowest BCUT2D eigenvalue weighted by Gasteiger charge is -2.43. The zero-order chi connectivity index (χ0) is 25.9. The Hall–Kier alpha value is -2.62. The molecule has 0 aromatic heterocycles. The van der Waals surface area contributed by atoms with Gasteiger partial charge in [0, 0.05) is 12.2 Å². The van der Waals surface area contributed by atoms with Gasteiger partial charge in [-0.15, -0.1) is 0 Å². The molecule has 0 saturated heterocycles. The Bertz CT molecular complexity index is 933. The van der Waals surface area contributed by atoms with Crippen molar-refractivity contribution in [3.8, 4) is 0 Å². The van der Waals surface area contributed by atoms with E-state index in [-0.39, 0.29) is 23.4 Å². The normalized spacial score (nSPS) is 14.1. The van der Waals surface area contributed by atoms with Crippen molar-refractivity contribution < 1.29 is 28.2 Å². The van der Waals surface area contributed by atoms with Crippen molar-refractivity contribution in [3.63, 3.8) is 0 Å². The molecule has 36 heavy (non-hydrogen) atoms. The van der Waals surface area contributed by atoms with E-state index in [1.165, 1.54) is 22.5 Å². The van der Waals surface area contributed by atoms with E-state index in [9.17, 15) is 9.59 Å². The third-order valence-corrected chi connectivity index (χ3v) is 11.1. The van der Waals surface area contributed by atoms with E-state index in [1.54, 1.807) is 0 Å². The maximum atomic E-state index is 11.5. The van der Waals surface area contributed by atoms with Gasteiger partial charge in [-0.25, -0.2) is 0 Å². The van der Waals surface area contributed by atoms with Crippen LogP contribution in [-0.2, 0) is 28.2 Å². The van der Waals surface area contributed by atoms with Crippen molar-refractivity contribution in [1.29, 1.82) is 0 Å². The van der Waals surface area contributed by atoms with E-state index in [2.05, 4.69) is 69.3 Å². The lowest BCUT2D eigenvalue weighted by Crippen LogP contribution is -2.66. The molecule has 0 N–H and O–H groups in total. The first-order valence-corrected chi connectivity index (χ1v) is 14.3. The maximum absolute atomic E-state index is 11.5. The molecule has 3 rings (SSSR count). The van der Waals surface area contributed by atoms with Crippen LogP contribution in [0, 0.1) is 0 Å². The Kier molecular flexibility index (Phi) is 10.6. The van der Waals surface area contributed by atoms with Crippen molar-refractivity contribution in [3.05, 3.63) is 72.8 Å². The highest BCUT2D eigenvalue weighted by atomic mass is 28.4. The molecule has 0 atom stereocenters. The highest BCUT2D eigenvalue weighted by Crippen LogP contribution is 2.36. The summed E-state index contributed by atoms with van der Waals surface area (Å²) < 4.78 is 23.5. The molecule has 0 spiro atoms. The zero-order valence-corrected chi connectivity index (χ0v) is 22.5. The Balaban J connectivity index is 1.37. The number of carbonyl (C=O) groups excluding carboxylic acids is 2. The predicted octanol–water partition coefficient (Wildman–Crippen LogP) is 2.54. The number of carbonyl (C=O) groups is 2. The van der Waals surface area contributed by atoms with Crippen LogP contribution in [0.3, 0.4) is 0 Å². The lowest BCUT2D eigenvalue weighted by atomic mass is 10.2. The first-order chi connectivity index (χ1) is 17.4. The first-order valence-electron chi connectivity index (χ1n) is 12.4. The summed E-state index contributed by atoms with van der Waals surface area (Å²) in [4.78, 5) is 24.1. The molecule has 0 unspecified atom stereocenters. The largest absolute Gasteiger partial charge is 0.405 e. The average Bonchev–Trinajstić information content (AvgIpc) is 3.19. The van der Waals surface area contributed by atoms with Gasteiger partial charge in [-0.3, -0.25) is 14.5 Å². The van der Waals surface area contributed by atoms with Gasteiger partial charge in [0.05, 0.1) is 52.8 Å². The van der Waals surface area contributed by atoms with Crippen molar-refractivity contribution in [2.45, 2.75) is 25.8 Å². The van der Waals surface area contributed by atoms with Gasteiger partial charge in [0.1, 0.15) is 0 Å². The number of benzene rings is 2. The standard InChI is InChI=1S/C28H37NO6Si/c1-28(2,3)36(24-10-6-4-7-11-24,25-12-8-5-9-13-25)35-23-22-34-21-20-33-19-18-32-17-16-29-26(30)14-15-27(29)31/h4-15H,16-23H2,1-3H3. The van der Waals surface area contributed by atoms with Gasteiger partial charge in [-0.05, 0) is 15.4 Å². The topological polar surface area (TPSA) is 74.3 Å². The minimum atomic E-state index is -2.54. The molecule has 0 radical (unpaired) electrons. The van der Waals surface area contributed by atoms with Crippen LogP contribution in [0.15, 0.2) is 72.8 Å². The molecule has 0 aliphatic carbocycles. The second-order valence-electron chi connectivity index (χ2n) is 9.51. The van der Waals surface area contributed by atoms with E-state index in [1.807, 2.05) is 12.1 Å². The van der Waals surface area contributed by atoms with E-state index in [0.717, 1.165) is 4.90 Å². The van der Waals surface area contributed by atoms with Gasteiger partial charge in [-0.2, -0.15) is 0 Å². The highest BCUT2D eigenvalue weighted by molar-refractivity contribution is 6.99. The molecule has 8 heteroatoms. The van der Waals surface area contributed by atoms with Crippen LogP contribution in [0.2, 0.25) is 5.04 Å². The molecule has 0 bridgehead atoms. The lowest BCUT2D eigenvalue weighted by molar-refractivity contribution is -0.137. The third-order valence-electron chi connectivity index (χ3n) is 6.07. The molecule has 7 nitrogen and oxygen atoms in total. The summed E-state index contributed by atoms with van der Waals surface area (Å²) in [5.74, 6) is -0.591. The van der Waals surface area contributed by atoms with Crippen LogP contribution in [-0.4, -0.2) is 77.8 Å². The van der Waals surface area contributed by atoms with E-state index in [4.69, 9.17) is 18.6 Å². The molecule has 2 amide bonds. The van der Waals surface area contributed by atoms with Gasteiger partial charge in [0.25, 0.3) is 20.1 Å². The molecule has 2 aromatic carbocycles. The predicted molar refractivity (Wildman–Crippen MR) is 142 cm³/mol. The molecule has 1 aliphatic rings. The summed E-state index contributed by atoms with van der Waals surface area (Å²) in [6, 6.07) is 21.1. The molecular formula is C28H37NO6Si. The fourth-order valence-corrected chi connectivity index (χ4v) is 8.91. The van der Waals surface area contributed by atoms with Crippen LogP contribution in [0.5, 0.6) is 0 Å². The van der Waals surface area contributed by atoms with Crippen molar-refractivity contribution in [1.82, 2.24) is 4.90 Å². The summed E-state index contributed by atoms with van der Waals surface area (Å²) in [6.07, 6.45) is 2.54. The van der Waals surface area contributed by atoms with Crippen molar-refractivity contribution in [2.75, 3.05) is 52.8 Å². The van der Waals surface area contributed by atoms with Crippen molar-refractivity contribution >= 4 is 30.5 Å². The number of ether oxygens (including phenoxy) is 3. The van der Waals surface area contributed by atoms with Gasteiger partial charge >= 0.3 is 0 Å². The van der Waals surface area contributed by atoms with Crippen LogP contribution >= 0.6 is 0 Å². The van der Waals surface area contributed by atoms with Gasteiger partial charge in [0.2, 0.25) is 0 Å². The monoisotopic (exact) mass is 511 g/mol. The van der Waals surface area contributed by atoms with Gasteiger partial charge < -0.3 is 18.6 Å². The summed E-state index contributed by atoms with van der Waals surface area (Å²) in [6.45, 7) is 10.0. The smallest absolute Gasteiger partial charge is 0.261 e. The van der Waals surface area contributed by atoms with E-state index >= 15 is 0 Å². The minimum Gasteiger partial charge on any atom is -0.405 e. The number of imide groups is 1. The quantitative estimate of drug-likeness (QED) is 0.208. The second-order valence-corrected chi connectivity index (χ2v) is 13.8. The van der Waals surface area contributed by atoms with Crippen LogP contribution in [0.1, 0.15) is 20.8 Å². The van der Waals surface area contributed by atoms with E-state index < -0.39 is 8.32 Å². The molecule has 1 heterocycles. The Morgan fingerprint density at radius 3 is 1.50 bits per heavy atom. The SMILES string of the molecule is CC(C)(C)[Si](OCCOCCOCCOCCN1C(=O)C=CC1=O)(c1ccccc1)c1ccccc1. The van der Waals surface area contributed by atoms with Gasteiger partial charge in [0.15, 0.2) is 0 Å². The van der Waals surface area contributed by atoms with Gasteiger partial charge in [-0.1, -0.05) is 81.4 Å². The fourth-order valence-electron chi connectivity index (χ4n) is 4.36. The summed E-state index contributed by atoms with van der Waals surface area (Å²) in [5, 5.41) is 2.44. The molecule has 0 fully saturated rings. The maximum Gasteiger partial charge on any atom is 0.261 e. The summed E-state index contributed by atoms with van der Waals surface area (Å²) >= 11 is 0. The number of nitrogens with zero attached hydrogens (tertiary/aromatic N) is 1. The Morgan fingerprint density at radius 2 is 1.06 bits per heavy atom. The highest BCUT2D eigenvalue weighted by Gasteiger charge is 2.49. The van der Waals surface area contributed by atoms with Crippen molar-refractivity contribution in [2.24, 2.45) is 0 Å². The number of rotatable bonds is 15. The minimum absolute atomic E-state index is 0.0648. The summed E-state index contributed by atoms with van der Waals surface area (Å²) in [5.41, 5.74) is 0. The average molecular weight is 512 g/mol. The number of hydrogen-bond donors (Lipinski definition) is 0. The Morgan fingerprint density at radius 1 is 0.639 bits per heavy atom.